The number of hydrogen-bond donors (Lipinski definition) is 1. The van der Waals surface area contributed by atoms with Gasteiger partial charge in [-0.1, -0.05) is 24.4 Å². The van der Waals surface area contributed by atoms with Gasteiger partial charge in [0.05, 0.1) is 0 Å². The molecule has 1 fully saturated rings. The van der Waals surface area contributed by atoms with Crippen LogP contribution in [0.2, 0.25) is 0 Å². The second-order valence-electron chi connectivity index (χ2n) is 3.76. The number of rotatable bonds is 2. The van der Waals surface area contributed by atoms with E-state index in [1.54, 1.807) is 6.26 Å². The van der Waals surface area contributed by atoms with Gasteiger partial charge in [0, 0.05) is 12.1 Å². The van der Waals surface area contributed by atoms with Gasteiger partial charge < -0.3 is 10.3 Å². The van der Waals surface area contributed by atoms with Gasteiger partial charge in [-0.3, -0.25) is 0 Å². The predicted octanol–water partition coefficient (Wildman–Crippen LogP) is 2.18. The smallest absolute Gasteiger partial charge is 0.127 e. The third kappa shape index (κ3) is 1.75. The summed E-state index contributed by atoms with van der Waals surface area (Å²) < 4.78 is 4.96. The monoisotopic (exact) mass is 180 g/mol. The van der Waals surface area contributed by atoms with Gasteiger partial charge in [-0.2, -0.15) is 0 Å². The average Bonchev–Trinajstić information content (AvgIpc) is 2.67. The zero-order valence-electron chi connectivity index (χ0n) is 7.83. The first-order valence-electron chi connectivity index (χ1n) is 5.05. The Morgan fingerprint density at radius 1 is 1.38 bits per heavy atom. The van der Waals surface area contributed by atoms with Gasteiger partial charge in [-0.15, -0.1) is 0 Å². The summed E-state index contributed by atoms with van der Waals surface area (Å²) in [6.45, 7) is 0.502. The second-order valence-corrected chi connectivity index (χ2v) is 3.76. The Labute approximate surface area is 78.3 Å². The van der Waals surface area contributed by atoms with Crippen molar-refractivity contribution in [2.45, 2.75) is 44.6 Å². The molecule has 0 atom stereocenters. The van der Waals surface area contributed by atoms with Crippen LogP contribution in [0.15, 0.2) is 10.8 Å². The van der Waals surface area contributed by atoms with Crippen LogP contribution in [0.5, 0.6) is 0 Å². The molecule has 3 nitrogen and oxygen atoms in total. The van der Waals surface area contributed by atoms with Crippen LogP contribution in [0.1, 0.15) is 49.3 Å². The summed E-state index contributed by atoms with van der Waals surface area (Å²) >= 11 is 0. The summed E-state index contributed by atoms with van der Waals surface area (Å²) in [5.74, 6) is 0.651. The van der Waals surface area contributed by atoms with Crippen molar-refractivity contribution < 1.29 is 4.52 Å². The van der Waals surface area contributed by atoms with E-state index in [9.17, 15) is 0 Å². The largest absolute Gasteiger partial charge is 0.364 e. The fourth-order valence-electron chi connectivity index (χ4n) is 2.17. The fourth-order valence-corrected chi connectivity index (χ4v) is 2.17. The molecule has 0 bridgehead atoms. The van der Waals surface area contributed by atoms with Gasteiger partial charge in [0.15, 0.2) is 0 Å². The minimum Gasteiger partial charge on any atom is -0.364 e. The first-order valence-corrected chi connectivity index (χ1v) is 5.05. The van der Waals surface area contributed by atoms with Crippen molar-refractivity contribution in [3.63, 3.8) is 0 Å². The van der Waals surface area contributed by atoms with Crippen molar-refractivity contribution in [3.05, 3.63) is 17.5 Å². The summed E-state index contributed by atoms with van der Waals surface area (Å²) in [5.41, 5.74) is 7.78. The van der Waals surface area contributed by atoms with E-state index in [0.717, 1.165) is 5.69 Å². The topological polar surface area (TPSA) is 52.0 Å². The van der Waals surface area contributed by atoms with Crippen molar-refractivity contribution in [2.75, 3.05) is 0 Å². The molecule has 1 aromatic heterocycles. The number of hydrogen-bond acceptors (Lipinski definition) is 3. The van der Waals surface area contributed by atoms with E-state index in [1.165, 1.54) is 37.7 Å². The lowest BCUT2D eigenvalue weighted by atomic mass is 9.84. The molecule has 1 aliphatic carbocycles. The third-order valence-corrected chi connectivity index (χ3v) is 2.91. The molecule has 0 aromatic carbocycles. The van der Waals surface area contributed by atoms with Gasteiger partial charge in [0.1, 0.15) is 12.0 Å². The molecule has 72 valence electrons. The summed E-state index contributed by atoms with van der Waals surface area (Å²) in [6.07, 6.45) is 8.36. The zero-order valence-corrected chi connectivity index (χ0v) is 7.83. The van der Waals surface area contributed by atoms with Crippen molar-refractivity contribution in [1.82, 2.24) is 5.16 Å². The van der Waals surface area contributed by atoms with Gasteiger partial charge in [-0.05, 0) is 18.8 Å². The molecule has 2 rings (SSSR count). The maximum atomic E-state index is 5.58. The number of aromatic nitrogens is 1. The highest BCUT2D eigenvalue weighted by atomic mass is 16.5. The van der Waals surface area contributed by atoms with Crippen LogP contribution in [0.3, 0.4) is 0 Å². The Morgan fingerprint density at radius 2 is 2.15 bits per heavy atom. The molecule has 13 heavy (non-hydrogen) atoms. The minimum absolute atomic E-state index is 0.502. The molecule has 0 radical (unpaired) electrons. The lowest BCUT2D eigenvalue weighted by Crippen LogP contribution is -2.08. The average molecular weight is 180 g/mol. The normalized spacial score (nSPS) is 19.2. The van der Waals surface area contributed by atoms with Crippen molar-refractivity contribution in [1.29, 1.82) is 0 Å². The Morgan fingerprint density at radius 3 is 2.85 bits per heavy atom. The van der Waals surface area contributed by atoms with Gasteiger partial charge in [0.2, 0.25) is 0 Å². The quantitative estimate of drug-likeness (QED) is 0.759. The van der Waals surface area contributed by atoms with E-state index in [-0.39, 0.29) is 0 Å². The molecular weight excluding hydrogens is 164 g/mol. The van der Waals surface area contributed by atoms with Crippen LogP contribution in [0, 0.1) is 0 Å². The Kier molecular flexibility index (Phi) is 2.64. The molecule has 3 heteroatoms. The third-order valence-electron chi connectivity index (χ3n) is 2.91. The fraction of sp³-hybridized carbons (Fsp3) is 0.700. The van der Waals surface area contributed by atoms with Crippen molar-refractivity contribution in [2.24, 2.45) is 5.73 Å². The van der Waals surface area contributed by atoms with Crippen LogP contribution >= 0.6 is 0 Å². The van der Waals surface area contributed by atoms with Crippen LogP contribution < -0.4 is 5.73 Å². The van der Waals surface area contributed by atoms with E-state index < -0.39 is 0 Å². The molecule has 1 saturated carbocycles. The van der Waals surface area contributed by atoms with Crippen LogP contribution in [0.25, 0.3) is 0 Å². The van der Waals surface area contributed by atoms with E-state index >= 15 is 0 Å². The van der Waals surface area contributed by atoms with E-state index in [2.05, 4.69) is 5.16 Å². The minimum atomic E-state index is 0.502. The van der Waals surface area contributed by atoms with Crippen LogP contribution in [-0.4, -0.2) is 5.16 Å². The summed E-state index contributed by atoms with van der Waals surface area (Å²) in [4.78, 5) is 0. The Bertz CT molecular complexity index is 264. The summed E-state index contributed by atoms with van der Waals surface area (Å²) in [6, 6.07) is 0. The Hall–Kier alpha value is -0.830. The number of nitrogens with two attached hydrogens (primary N) is 1. The lowest BCUT2D eigenvalue weighted by molar-refractivity contribution is 0.407. The molecule has 1 heterocycles. The Balaban J connectivity index is 2.13. The van der Waals surface area contributed by atoms with Gasteiger partial charge in [-0.25, -0.2) is 0 Å². The summed E-state index contributed by atoms with van der Waals surface area (Å²) in [5, 5.41) is 3.91. The van der Waals surface area contributed by atoms with E-state index in [4.69, 9.17) is 10.3 Å². The van der Waals surface area contributed by atoms with Crippen LogP contribution in [-0.2, 0) is 6.54 Å². The predicted molar refractivity (Wildman–Crippen MR) is 50.2 cm³/mol. The highest BCUT2D eigenvalue weighted by Gasteiger charge is 2.20. The first-order chi connectivity index (χ1) is 6.42. The highest BCUT2D eigenvalue weighted by molar-refractivity contribution is 5.20. The number of nitrogens with zero attached hydrogens (tertiary/aromatic N) is 1. The SMILES string of the molecule is NCc1nocc1C1CCCCC1. The molecule has 0 spiro atoms. The van der Waals surface area contributed by atoms with Gasteiger partial charge >= 0.3 is 0 Å². The molecule has 1 aromatic rings. The van der Waals surface area contributed by atoms with E-state index in [1.807, 2.05) is 0 Å². The maximum absolute atomic E-state index is 5.58. The van der Waals surface area contributed by atoms with Crippen LogP contribution in [0.4, 0.5) is 0 Å². The maximum Gasteiger partial charge on any atom is 0.127 e. The molecule has 0 aliphatic heterocycles. The molecule has 2 N–H and O–H groups in total. The standard InChI is InChI=1S/C10H16N2O/c11-6-10-9(7-13-12-10)8-4-2-1-3-5-8/h7-8H,1-6,11H2. The highest BCUT2D eigenvalue weighted by Crippen LogP contribution is 2.33. The zero-order chi connectivity index (χ0) is 9.10. The molecule has 0 unspecified atom stereocenters. The molecule has 1 aliphatic rings. The van der Waals surface area contributed by atoms with E-state index in [0.29, 0.717) is 12.5 Å². The second kappa shape index (κ2) is 3.92. The lowest BCUT2D eigenvalue weighted by Gasteiger charge is -2.20. The summed E-state index contributed by atoms with van der Waals surface area (Å²) in [7, 11) is 0. The van der Waals surface area contributed by atoms with Gasteiger partial charge in [0.25, 0.3) is 0 Å². The first kappa shape index (κ1) is 8.75. The molecule has 0 amide bonds. The molecular formula is C10H16N2O. The van der Waals surface area contributed by atoms with Crippen molar-refractivity contribution >= 4 is 0 Å². The molecule has 0 saturated heterocycles. The van der Waals surface area contributed by atoms with Crippen molar-refractivity contribution in [3.8, 4) is 0 Å².